The molecule has 0 unspecified atom stereocenters. The fourth-order valence-electron chi connectivity index (χ4n) is 4.21. The number of halogens is 1. The van der Waals surface area contributed by atoms with Crippen molar-refractivity contribution < 1.29 is 14.3 Å². The highest BCUT2D eigenvalue weighted by molar-refractivity contribution is 7.99. The maximum Gasteiger partial charge on any atom is 0.410 e. The van der Waals surface area contributed by atoms with Crippen LogP contribution in [-0.4, -0.2) is 29.3 Å². The first kappa shape index (κ1) is 23.1. The summed E-state index contributed by atoms with van der Waals surface area (Å²) in [6, 6.07) is 25.0. The molecule has 1 amide bonds. The third kappa shape index (κ3) is 4.67. The average molecular weight is 501 g/mol. The molecule has 1 heterocycles. The number of aromatic nitrogens is 1. The van der Waals surface area contributed by atoms with E-state index in [-0.39, 0.29) is 6.54 Å². The SMILES string of the molecule is CN(Cc1cc(Cl)ncc1Sc1ccccc1C=O)C(=O)OC1c2ccccc2-c2ccccc21. The third-order valence-corrected chi connectivity index (χ3v) is 7.28. The Kier molecular flexibility index (Phi) is 6.57. The van der Waals surface area contributed by atoms with E-state index in [0.29, 0.717) is 10.7 Å². The molecule has 0 atom stereocenters. The smallest absolute Gasteiger partial charge is 0.410 e. The minimum atomic E-state index is -0.466. The summed E-state index contributed by atoms with van der Waals surface area (Å²) in [4.78, 5) is 31.9. The summed E-state index contributed by atoms with van der Waals surface area (Å²) in [6.07, 6.45) is 1.57. The zero-order chi connectivity index (χ0) is 24.4. The van der Waals surface area contributed by atoms with Crippen molar-refractivity contribution in [1.29, 1.82) is 0 Å². The van der Waals surface area contributed by atoms with Crippen molar-refractivity contribution >= 4 is 35.7 Å². The van der Waals surface area contributed by atoms with E-state index in [1.165, 1.54) is 16.7 Å². The summed E-state index contributed by atoms with van der Waals surface area (Å²) in [6.45, 7) is 0.267. The van der Waals surface area contributed by atoms with Crippen molar-refractivity contribution in [3.8, 4) is 11.1 Å². The predicted molar refractivity (Wildman–Crippen MR) is 137 cm³/mol. The van der Waals surface area contributed by atoms with Crippen LogP contribution in [0.2, 0.25) is 5.15 Å². The molecule has 174 valence electrons. The van der Waals surface area contributed by atoms with Crippen LogP contribution in [0.4, 0.5) is 4.79 Å². The maximum atomic E-state index is 13.2. The minimum Gasteiger partial charge on any atom is -0.436 e. The van der Waals surface area contributed by atoms with Gasteiger partial charge in [-0.1, -0.05) is 90.1 Å². The topological polar surface area (TPSA) is 59.5 Å². The van der Waals surface area contributed by atoms with Crippen LogP contribution >= 0.6 is 23.4 Å². The molecule has 0 saturated heterocycles. The zero-order valence-electron chi connectivity index (χ0n) is 18.9. The fourth-order valence-corrected chi connectivity index (χ4v) is 5.37. The second-order valence-electron chi connectivity index (χ2n) is 8.17. The van der Waals surface area contributed by atoms with Gasteiger partial charge in [0, 0.05) is 46.3 Å². The molecule has 1 aliphatic rings. The average Bonchev–Trinajstić information content (AvgIpc) is 3.19. The number of amides is 1. The Hall–Kier alpha value is -3.61. The Morgan fingerprint density at radius 1 is 1.00 bits per heavy atom. The van der Waals surface area contributed by atoms with Crippen LogP contribution in [0.25, 0.3) is 11.1 Å². The Bertz CT molecular complexity index is 1380. The number of carbonyl (C=O) groups is 2. The first-order chi connectivity index (χ1) is 17.0. The van der Waals surface area contributed by atoms with E-state index in [9.17, 15) is 9.59 Å². The van der Waals surface area contributed by atoms with Crippen LogP contribution in [0.3, 0.4) is 0 Å². The molecule has 0 N–H and O–H groups in total. The number of ether oxygens (including phenoxy) is 1. The van der Waals surface area contributed by atoms with E-state index in [0.717, 1.165) is 43.9 Å². The Balaban J connectivity index is 1.37. The largest absolute Gasteiger partial charge is 0.436 e. The number of pyridine rings is 1. The molecule has 0 spiro atoms. The molecule has 5 rings (SSSR count). The highest BCUT2D eigenvalue weighted by atomic mass is 35.5. The number of fused-ring (bicyclic) bond motifs is 3. The number of hydrogen-bond donors (Lipinski definition) is 0. The normalized spacial score (nSPS) is 12.1. The number of benzene rings is 3. The fraction of sp³-hybridized carbons (Fsp3) is 0.107. The third-order valence-electron chi connectivity index (χ3n) is 5.90. The van der Waals surface area contributed by atoms with Gasteiger partial charge in [0.25, 0.3) is 0 Å². The van der Waals surface area contributed by atoms with Gasteiger partial charge in [-0.15, -0.1) is 0 Å². The lowest BCUT2D eigenvalue weighted by Crippen LogP contribution is -2.28. The van der Waals surface area contributed by atoms with Crippen LogP contribution in [0.5, 0.6) is 0 Å². The molecule has 35 heavy (non-hydrogen) atoms. The first-order valence-electron chi connectivity index (χ1n) is 11.0. The van der Waals surface area contributed by atoms with Crippen molar-refractivity contribution in [3.63, 3.8) is 0 Å². The van der Waals surface area contributed by atoms with Crippen molar-refractivity contribution in [2.24, 2.45) is 0 Å². The standard InChI is InChI=1S/C28H21ClN2O3S/c1-31(16-19-14-26(29)30-15-25(19)35-24-13-7-2-8-18(24)17-32)28(33)34-27-22-11-5-3-9-20(22)21-10-4-6-12-23(21)27/h2-15,17,27H,16H2,1H3. The van der Waals surface area contributed by atoms with E-state index in [4.69, 9.17) is 16.3 Å². The number of rotatable bonds is 6. The molecule has 7 heteroatoms. The second kappa shape index (κ2) is 9.94. The van der Waals surface area contributed by atoms with Crippen LogP contribution in [-0.2, 0) is 11.3 Å². The molecule has 4 aromatic rings. The molecule has 5 nitrogen and oxygen atoms in total. The highest BCUT2D eigenvalue weighted by Gasteiger charge is 2.32. The van der Waals surface area contributed by atoms with Gasteiger partial charge in [-0.05, 0) is 28.8 Å². The lowest BCUT2D eigenvalue weighted by Gasteiger charge is -2.22. The molecule has 0 saturated carbocycles. The van der Waals surface area contributed by atoms with Crippen molar-refractivity contribution in [3.05, 3.63) is 112 Å². The number of hydrogen-bond acceptors (Lipinski definition) is 5. The number of nitrogens with zero attached hydrogens (tertiary/aromatic N) is 2. The summed E-state index contributed by atoms with van der Waals surface area (Å²) in [5, 5.41) is 0.327. The monoisotopic (exact) mass is 500 g/mol. The van der Waals surface area contributed by atoms with Gasteiger partial charge >= 0.3 is 6.09 Å². The predicted octanol–water partition coefficient (Wildman–Crippen LogP) is 7.04. The molecule has 1 aliphatic carbocycles. The van der Waals surface area contributed by atoms with Gasteiger partial charge in [-0.2, -0.15) is 0 Å². The molecule has 0 radical (unpaired) electrons. The molecular weight excluding hydrogens is 480 g/mol. The van der Waals surface area contributed by atoms with Gasteiger partial charge in [0.2, 0.25) is 0 Å². The van der Waals surface area contributed by atoms with Gasteiger partial charge in [0.05, 0.1) is 0 Å². The highest BCUT2D eigenvalue weighted by Crippen LogP contribution is 2.45. The van der Waals surface area contributed by atoms with Gasteiger partial charge < -0.3 is 9.64 Å². The van der Waals surface area contributed by atoms with E-state index in [1.54, 1.807) is 25.4 Å². The van der Waals surface area contributed by atoms with Gasteiger partial charge in [0.15, 0.2) is 12.4 Å². The lowest BCUT2D eigenvalue weighted by atomic mass is 10.1. The summed E-state index contributed by atoms with van der Waals surface area (Å²) in [7, 11) is 1.69. The second-order valence-corrected chi connectivity index (χ2v) is 9.64. The van der Waals surface area contributed by atoms with Crippen LogP contribution in [0.15, 0.2) is 94.9 Å². The summed E-state index contributed by atoms with van der Waals surface area (Å²) in [5.41, 5.74) is 5.51. The Morgan fingerprint density at radius 2 is 1.63 bits per heavy atom. The molecular formula is C28H21ClN2O3S. The summed E-state index contributed by atoms with van der Waals surface area (Å²) >= 11 is 7.59. The first-order valence-corrected chi connectivity index (χ1v) is 12.2. The summed E-state index contributed by atoms with van der Waals surface area (Å²) < 4.78 is 6.01. The lowest BCUT2D eigenvalue weighted by molar-refractivity contribution is 0.0841. The molecule has 0 fully saturated rings. The van der Waals surface area contributed by atoms with Gasteiger partial charge in [-0.25, -0.2) is 9.78 Å². The molecule has 0 bridgehead atoms. The Labute approximate surface area is 212 Å². The van der Waals surface area contributed by atoms with Gasteiger partial charge in [0.1, 0.15) is 5.15 Å². The molecule has 1 aromatic heterocycles. The van der Waals surface area contributed by atoms with Crippen molar-refractivity contribution in [2.45, 2.75) is 22.4 Å². The van der Waals surface area contributed by atoms with E-state index in [1.807, 2.05) is 66.7 Å². The Morgan fingerprint density at radius 3 is 2.31 bits per heavy atom. The number of aldehydes is 1. The van der Waals surface area contributed by atoms with Crippen LogP contribution < -0.4 is 0 Å². The number of carbonyl (C=O) groups excluding carboxylic acids is 2. The van der Waals surface area contributed by atoms with Crippen LogP contribution in [0.1, 0.15) is 33.2 Å². The van der Waals surface area contributed by atoms with Crippen molar-refractivity contribution in [2.75, 3.05) is 7.05 Å². The van der Waals surface area contributed by atoms with E-state index in [2.05, 4.69) is 4.98 Å². The minimum absolute atomic E-state index is 0.267. The van der Waals surface area contributed by atoms with Crippen LogP contribution in [0, 0.1) is 0 Å². The zero-order valence-corrected chi connectivity index (χ0v) is 20.4. The summed E-state index contributed by atoms with van der Waals surface area (Å²) in [5.74, 6) is 0. The van der Waals surface area contributed by atoms with Gasteiger partial charge in [-0.3, -0.25) is 4.79 Å². The molecule has 0 aliphatic heterocycles. The van der Waals surface area contributed by atoms with E-state index >= 15 is 0 Å². The quantitative estimate of drug-likeness (QED) is 0.210. The van der Waals surface area contributed by atoms with E-state index < -0.39 is 12.2 Å². The maximum absolute atomic E-state index is 13.2. The molecule has 3 aromatic carbocycles. The van der Waals surface area contributed by atoms with Crippen molar-refractivity contribution in [1.82, 2.24) is 9.88 Å².